The maximum atomic E-state index is 13.6. The topological polar surface area (TPSA) is 88.2 Å². The number of carbonyl (C=O) groups excluding carboxylic acids is 1. The van der Waals surface area contributed by atoms with Crippen molar-refractivity contribution in [3.8, 4) is 11.4 Å². The van der Waals surface area contributed by atoms with Crippen molar-refractivity contribution >= 4 is 5.91 Å². The molecule has 0 aliphatic heterocycles. The number of benzene rings is 1. The van der Waals surface area contributed by atoms with Crippen molar-refractivity contribution in [1.82, 2.24) is 15.5 Å². The van der Waals surface area contributed by atoms with Gasteiger partial charge in [0.2, 0.25) is 17.6 Å². The Morgan fingerprint density at radius 3 is 2.88 bits per heavy atom. The monoisotopic (exact) mass is 347 g/mol. The molecule has 0 bridgehead atoms. The first-order chi connectivity index (χ1) is 11.9. The number of halogens is 1. The molecule has 1 aliphatic rings. The lowest BCUT2D eigenvalue weighted by atomic mass is 9.96. The zero-order chi connectivity index (χ0) is 18.0. The Morgan fingerprint density at radius 1 is 1.48 bits per heavy atom. The van der Waals surface area contributed by atoms with Crippen LogP contribution in [0, 0.1) is 18.7 Å². The Hall–Kier alpha value is -2.28. The molecule has 6 nitrogen and oxygen atoms in total. The van der Waals surface area contributed by atoms with E-state index in [4.69, 9.17) is 4.52 Å². The number of aromatic nitrogens is 2. The second-order valence-corrected chi connectivity index (χ2v) is 6.87. The van der Waals surface area contributed by atoms with Gasteiger partial charge in [0.05, 0.1) is 12.1 Å². The first-order valence-corrected chi connectivity index (χ1v) is 8.42. The van der Waals surface area contributed by atoms with Gasteiger partial charge in [-0.25, -0.2) is 4.39 Å². The summed E-state index contributed by atoms with van der Waals surface area (Å²) in [5, 5.41) is 16.3. The molecule has 1 fully saturated rings. The molecule has 1 aromatic carbocycles. The second kappa shape index (κ2) is 6.92. The molecule has 0 radical (unpaired) electrons. The lowest BCUT2D eigenvalue weighted by molar-refractivity contribution is -0.123. The van der Waals surface area contributed by atoms with Crippen LogP contribution in [-0.4, -0.2) is 33.3 Å². The highest BCUT2D eigenvalue weighted by molar-refractivity contribution is 5.77. The number of aliphatic hydroxyl groups excluding tert-OH is 1. The van der Waals surface area contributed by atoms with E-state index >= 15 is 0 Å². The average Bonchev–Trinajstić information content (AvgIpc) is 3.35. The first-order valence-electron chi connectivity index (χ1n) is 8.42. The molecule has 1 heterocycles. The summed E-state index contributed by atoms with van der Waals surface area (Å²) in [5.74, 6) is 0.472. The van der Waals surface area contributed by atoms with Crippen molar-refractivity contribution in [1.29, 1.82) is 0 Å². The van der Waals surface area contributed by atoms with E-state index in [0.29, 0.717) is 35.2 Å². The summed E-state index contributed by atoms with van der Waals surface area (Å²) in [6.07, 6.45) is 2.53. The summed E-state index contributed by atoms with van der Waals surface area (Å²) in [4.78, 5) is 16.3. The second-order valence-electron chi connectivity index (χ2n) is 6.87. The van der Waals surface area contributed by atoms with Gasteiger partial charge < -0.3 is 14.9 Å². The van der Waals surface area contributed by atoms with E-state index in [9.17, 15) is 14.3 Å². The molecular weight excluding hydrogens is 325 g/mol. The maximum Gasteiger partial charge on any atom is 0.227 e. The number of carbonyl (C=O) groups is 1. The van der Waals surface area contributed by atoms with Crippen LogP contribution >= 0.6 is 0 Å². The highest BCUT2D eigenvalue weighted by Crippen LogP contribution is 2.39. The van der Waals surface area contributed by atoms with E-state index in [1.54, 1.807) is 19.1 Å². The van der Waals surface area contributed by atoms with E-state index in [2.05, 4.69) is 15.5 Å². The Labute approximate surface area is 145 Å². The molecule has 25 heavy (non-hydrogen) atoms. The van der Waals surface area contributed by atoms with Gasteiger partial charge in [-0.15, -0.1) is 0 Å². The van der Waals surface area contributed by atoms with E-state index in [1.165, 1.54) is 6.07 Å². The van der Waals surface area contributed by atoms with Crippen LogP contribution in [-0.2, 0) is 11.2 Å². The maximum absolute atomic E-state index is 13.6. The fraction of sp³-hybridized carbons (Fsp3) is 0.500. The van der Waals surface area contributed by atoms with Crippen LogP contribution in [0.5, 0.6) is 0 Å². The number of hydrogen-bond acceptors (Lipinski definition) is 5. The van der Waals surface area contributed by atoms with Crippen LogP contribution in [0.15, 0.2) is 22.7 Å². The molecule has 1 amide bonds. The minimum Gasteiger partial charge on any atom is -0.394 e. The fourth-order valence-electron chi connectivity index (χ4n) is 2.80. The summed E-state index contributed by atoms with van der Waals surface area (Å²) in [6.45, 7) is 3.47. The Kier molecular flexibility index (Phi) is 4.85. The predicted octanol–water partition coefficient (Wildman–Crippen LogP) is 2.39. The summed E-state index contributed by atoms with van der Waals surface area (Å²) in [7, 11) is 0. The smallest absolute Gasteiger partial charge is 0.227 e. The number of nitrogens with one attached hydrogen (secondary N) is 1. The Balaban J connectivity index is 1.58. The van der Waals surface area contributed by atoms with Crippen molar-refractivity contribution in [2.75, 3.05) is 6.61 Å². The number of rotatable bonds is 7. The normalized spacial score (nSPS) is 16.5. The van der Waals surface area contributed by atoms with Crippen molar-refractivity contribution < 1.29 is 18.8 Å². The van der Waals surface area contributed by atoms with Crippen LogP contribution in [0.1, 0.15) is 37.6 Å². The Morgan fingerprint density at radius 2 is 2.24 bits per heavy atom. The van der Waals surface area contributed by atoms with Crippen molar-refractivity contribution in [3.63, 3.8) is 0 Å². The largest absolute Gasteiger partial charge is 0.394 e. The molecule has 2 N–H and O–H groups in total. The first kappa shape index (κ1) is 17.5. The zero-order valence-corrected chi connectivity index (χ0v) is 14.4. The average molecular weight is 347 g/mol. The SMILES string of the molecule is Cc1ccc(-c2noc(CCC(=O)NC(C)(CO)C3CC3)n2)cc1F. The highest BCUT2D eigenvalue weighted by Gasteiger charge is 2.42. The van der Waals surface area contributed by atoms with Gasteiger partial charge in [0.1, 0.15) is 5.82 Å². The van der Waals surface area contributed by atoms with Crippen LogP contribution in [0.25, 0.3) is 11.4 Å². The highest BCUT2D eigenvalue weighted by atomic mass is 19.1. The zero-order valence-electron chi connectivity index (χ0n) is 14.4. The molecule has 1 unspecified atom stereocenters. The lowest BCUT2D eigenvalue weighted by Gasteiger charge is -2.28. The van der Waals surface area contributed by atoms with Gasteiger partial charge in [-0.05, 0) is 44.2 Å². The van der Waals surface area contributed by atoms with Crippen LogP contribution in [0.2, 0.25) is 0 Å². The molecule has 0 saturated heterocycles. The number of nitrogens with zero attached hydrogens (tertiary/aromatic N) is 2. The molecule has 1 aliphatic carbocycles. The van der Waals surface area contributed by atoms with Gasteiger partial charge in [0.25, 0.3) is 0 Å². The molecule has 1 saturated carbocycles. The molecular formula is C18H22FN3O3. The summed E-state index contributed by atoms with van der Waals surface area (Å²) >= 11 is 0. The molecule has 1 atom stereocenters. The number of amides is 1. The molecule has 1 aromatic heterocycles. The van der Waals surface area contributed by atoms with Crippen molar-refractivity contribution in [2.45, 2.75) is 45.1 Å². The predicted molar refractivity (Wildman–Crippen MR) is 89.1 cm³/mol. The third-order valence-electron chi connectivity index (χ3n) is 4.70. The molecule has 3 rings (SSSR count). The van der Waals surface area contributed by atoms with Crippen molar-refractivity contribution in [3.05, 3.63) is 35.5 Å². The quantitative estimate of drug-likeness (QED) is 0.803. The standard InChI is InChI=1S/C18H22FN3O3/c1-11-3-4-12(9-14(11)19)17-20-16(25-22-17)8-7-15(24)21-18(2,10-23)13-5-6-13/h3-4,9,13,23H,5-8,10H2,1-2H3,(H,21,24). The number of hydrogen-bond donors (Lipinski definition) is 2. The number of aliphatic hydroxyl groups is 1. The summed E-state index contributed by atoms with van der Waals surface area (Å²) in [5.41, 5.74) is 0.520. The molecule has 7 heteroatoms. The van der Waals surface area contributed by atoms with Gasteiger partial charge in [0.15, 0.2) is 0 Å². The molecule has 0 spiro atoms. The summed E-state index contributed by atoms with van der Waals surface area (Å²) < 4.78 is 18.8. The van der Waals surface area contributed by atoms with Crippen LogP contribution in [0.4, 0.5) is 4.39 Å². The van der Waals surface area contributed by atoms with E-state index in [-0.39, 0.29) is 24.8 Å². The number of aryl methyl sites for hydroxylation is 2. The lowest BCUT2D eigenvalue weighted by Crippen LogP contribution is -2.50. The van der Waals surface area contributed by atoms with Gasteiger partial charge in [0, 0.05) is 18.4 Å². The molecule has 2 aromatic rings. The Bertz CT molecular complexity index is 773. The third-order valence-corrected chi connectivity index (χ3v) is 4.70. The van der Waals surface area contributed by atoms with E-state index in [0.717, 1.165) is 12.8 Å². The van der Waals surface area contributed by atoms with E-state index in [1.807, 2.05) is 6.92 Å². The van der Waals surface area contributed by atoms with Gasteiger partial charge in [-0.2, -0.15) is 4.98 Å². The van der Waals surface area contributed by atoms with Gasteiger partial charge in [-0.3, -0.25) is 4.79 Å². The van der Waals surface area contributed by atoms with E-state index < -0.39 is 5.54 Å². The minimum absolute atomic E-state index is 0.0763. The third kappa shape index (κ3) is 4.04. The fourth-order valence-corrected chi connectivity index (χ4v) is 2.80. The molecule has 134 valence electrons. The minimum atomic E-state index is -0.559. The van der Waals surface area contributed by atoms with Crippen LogP contribution < -0.4 is 5.32 Å². The summed E-state index contributed by atoms with van der Waals surface area (Å²) in [6, 6.07) is 4.74. The van der Waals surface area contributed by atoms with Crippen molar-refractivity contribution in [2.24, 2.45) is 5.92 Å². The van der Waals surface area contributed by atoms with Gasteiger partial charge >= 0.3 is 0 Å². The van der Waals surface area contributed by atoms with Crippen LogP contribution in [0.3, 0.4) is 0 Å². The van der Waals surface area contributed by atoms with Gasteiger partial charge in [-0.1, -0.05) is 17.3 Å².